The summed E-state index contributed by atoms with van der Waals surface area (Å²) in [5, 5.41) is 0. The van der Waals surface area contributed by atoms with Crippen molar-refractivity contribution in [3.8, 4) is 0 Å². The van der Waals surface area contributed by atoms with Crippen LogP contribution < -0.4 is 0 Å². The van der Waals surface area contributed by atoms with Gasteiger partial charge in [0.05, 0.1) is 0 Å². The number of rotatable bonds is 7. The Bertz CT molecular complexity index is 201. The molecule has 0 aromatic rings. The molecule has 0 saturated heterocycles. The molecule has 1 aliphatic carbocycles. The van der Waals surface area contributed by atoms with Gasteiger partial charge in [-0.15, -0.1) is 0 Å². The van der Waals surface area contributed by atoms with Crippen LogP contribution in [-0.4, -0.2) is 25.1 Å². The van der Waals surface area contributed by atoms with Gasteiger partial charge in [-0.2, -0.15) is 0 Å². The van der Waals surface area contributed by atoms with Gasteiger partial charge in [0, 0.05) is 24.7 Å². The SMILES string of the molecule is O=CC1CCC1C=O.O=CCCCCC=O. The Morgan fingerprint density at radius 1 is 0.750 bits per heavy atom. The fraction of sp³-hybridized carbons (Fsp3) is 0.667. The van der Waals surface area contributed by atoms with E-state index in [1.807, 2.05) is 0 Å². The second kappa shape index (κ2) is 10.2. The van der Waals surface area contributed by atoms with Gasteiger partial charge in [-0.05, 0) is 25.7 Å². The molecule has 0 amide bonds. The van der Waals surface area contributed by atoms with Crippen LogP contribution >= 0.6 is 0 Å². The number of hydrogen-bond acceptors (Lipinski definition) is 4. The van der Waals surface area contributed by atoms with Crippen LogP contribution in [0, 0.1) is 11.8 Å². The third-order valence-corrected chi connectivity index (χ3v) is 2.63. The summed E-state index contributed by atoms with van der Waals surface area (Å²) in [6, 6.07) is 0. The van der Waals surface area contributed by atoms with Crippen LogP contribution in [0.3, 0.4) is 0 Å². The molecule has 0 spiro atoms. The van der Waals surface area contributed by atoms with E-state index >= 15 is 0 Å². The zero-order valence-electron chi connectivity index (χ0n) is 9.34. The average Bonchev–Trinajstić information content (AvgIpc) is 2.25. The predicted molar refractivity (Wildman–Crippen MR) is 58.9 cm³/mol. The van der Waals surface area contributed by atoms with Crippen molar-refractivity contribution in [1.82, 2.24) is 0 Å². The lowest BCUT2D eigenvalue weighted by Crippen LogP contribution is -2.27. The maximum absolute atomic E-state index is 10.00. The molecule has 16 heavy (non-hydrogen) atoms. The molecule has 0 bridgehead atoms. The lowest BCUT2D eigenvalue weighted by molar-refractivity contribution is -0.123. The minimum atomic E-state index is 0.0486. The van der Waals surface area contributed by atoms with E-state index in [0.29, 0.717) is 12.8 Å². The van der Waals surface area contributed by atoms with Gasteiger partial charge in [-0.3, -0.25) is 0 Å². The van der Waals surface area contributed by atoms with Gasteiger partial charge in [-0.1, -0.05) is 0 Å². The molecule has 1 aliphatic rings. The van der Waals surface area contributed by atoms with E-state index in [2.05, 4.69) is 0 Å². The Morgan fingerprint density at radius 3 is 1.31 bits per heavy atom. The zero-order chi connectivity index (χ0) is 12.2. The fourth-order valence-electron chi connectivity index (χ4n) is 1.34. The summed E-state index contributed by atoms with van der Waals surface area (Å²) in [5.74, 6) is 0.0972. The smallest absolute Gasteiger partial charge is 0.123 e. The number of hydrogen-bond donors (Lipinski definition) is 0. The monoisotopic (exact) mass is 226 g/mol. The molecule has 4 nitrogen and oxygen atoms in total. The topological polar surface area (TPSA) is 68.3 Å². The van der Waals surface area contributed by atoms with Crippen LogP contribution in [0.5, 0.6) is 0 Å². The lowest BCUT2D eigenvalue weighted by atomic mass is 9.76. The van der Waals surface area contributed by atoms with Crippen molar-refractivity contribution in [1.29, 1.82) is 0 Å². The number of unbranched alkanes of at least 4 members (excludes halogenated alkanes) is 3. The molecular formula is C12H18O4. The molecule has 0 aromatic heterocycles. The highest BCUT2D eigenvalue weighted by Crippen LogP contribution is 2.30. The largest absolute Gasteiger partial charge is 0.303 e. The van der Waals surface area contributed by atoms with E-state index < -0.39 is 0 Å². The average molecular weight is 226 g/mol. The number of aldehydes is 4. The molecule has 1 rings (SSSR count). The summed E-state index contributed by atoms with van der Waals surface area (Å²) >= 11 is 0. The molecule has 0 heterocycles. The van der Waals surface area contributed by atoms with Crippen molar-refractivity contribution in [2.45, 2.75) is 38.5 Å². The molecule has 0 aliphatic heterocycles. The van der Waals surface area contributed by atoms with E-state index in [4.69, 9.17) is 0 Å². The maximum atomic E-state index is 10.00. The molecule has 90 valence electrons. The zero-order valence-corrected chi connectivity index (χ0v) is 9.34. The second-order valence-corrected chi connectivity index (χ2v) is 3.80. The molecule has 1 fully saturated rings. The third-order valence-electron chi connectivity index (χ3n) is 2.63. The van der Waals surface area contributed by atoms with E-state index in [1.54, 1.807) is 0 Å². The van der Waals surface area contributed by atoms with E-state index in [-0.39, 0.29) is 11.8 Å². The Kier molecular flexibility index (Phi) is 9.36. The van der Waals surface area contributed by atoms with Gasteiger partial charge in [-0.25, -0.2) is 0 Å². The van der Waals surface area contributed by atoms with Gasteiger partial charge in [0.2, 0.25) is 0 Å². The van der Waals surface area contributed by atoms with Gasteiger partial charge < -0.3 is 19.2 Å². The first-order chi connectivity index (χ1) is 7.79. The van der Waals surface area contributed by atoms with Crippen LogP contribution in [0.2, 0.25) is 0 Å². The molecule has 0 aromatic carbocycles. The van der Waals surface area contributed by atoms with E-state index in [9.17, 15) is 19.2 Å². The van der Waals surface area contributed by atoms with Crippen molar-refractivity contribution in [2.75, 3.05) is 0 Å². The fourth-order valence-corrected chi connectivity index (χ4v) is 1.34. The molecule has 0 radical (unpaired) electrons. The maximum Gasteiger partial charge on any atom is 0.123 e. The molecule has 2 atom stereocenters. The summed E-state index contributed by atoms with van der Waals surface area (Å²) in [6.07, 6.45) is 8.21. The molecular weight excluding hydrogens is 208 g/mol. The number of carbonyl (C=O) groups is 4. The van der Waals surface area contributed by atoms with Crippen molar-refractivity contribution in [2.24, 2.45) is 11.8 Å². The van der Waals surface area contributed by atoms with E-state index in [0.717, 1.165) is 50.8 Å². The molecule has 1 saturated carbocycles. The summed E-state index contributed by atoms with van der Waals surface area (Å²) < 4.78 is 0. The number of carbonyl (C=O) groups excluding carboxylic acids is 4. The van der Waals surface area contributed by atoms with Crippen molar-refractivity contribution in [3.63, 3.8) is 0 Å². The predicted octanol–water partition coefficient (Wildman–Crippen LogP) is 1.35. The Balaban J connectivity index is 0.000000281. The summed E-state index contributed by atoms with van der Waals surface area (Å²) in [6.45, 7) is 0. The first kappa shape index (κ1) is 14.7. The summed E-state index contributed by atoms with van der Waals surface area (Å²) in [4.78, 5) is 39.4. The van der Waals surface area contributed by atoms with Gasteiger partial charge in [0.15, 0.2) is 0 Å². The summed E-state index contributed by atoms with van der Waals surface area (Å²) in [7, 11) is 0. The highest BCUT2D eigenvalue weighted by atomic mass is 16.1. The van der Waals surface area contributed by atoms with Crippen LogP contribution in [0.15, 0.2) is 0 Å². The molecule has 2 unspecified atom stereocenters. The minimum Gasteiger partial charge on any atom is -0.303 e. The second-order valence-electron chi connectivity index (χ2n) is 3.80. The van der Waals surface area contributed by atoms with Gasteiger partial charge >= 0.3 is 0 Å². The van der Waals surface area contributed by atoms with Gasteiger partial charge in [0.1, 0.15) is 25.1 Å². The normalized spacial score (nSPS) is 22.0. The highest BCUT2D eigenvalue weighted by molar-refractivity contribution is 5.66. The van der Waals surface area contributed by atoms with Gasteiger partial charge in [0.25, 0.3) is 0 Å². The standard InChI is InChI=1S/C6H8O2.C6H10O2/c7-3-5-1-2-6(5)4-8;7-5-3-1-2-4-6-8/h3-6H,1-2H2;5-6H,1-4H2. The first-order valence-electron chi connectivity index (χ1n) is 5.58. The highest BCUT2D eigenvalue weighted by Gasteiger charge is 2.29. The Morgan fingerprint density at radius 2 is 1.12 bits per heavy atom. The van der Waals surface area contributed by atoms with E-state index in [1.165, 1.54) is 0 Å². The Labute approximate surface area is 95.4 Å². The first-order valence-corrected chi connectivity index (χ1v) is 5.58. The van der Waals surface area contributed by atoms with Crippen molar-refractivity contribution >= 4 is 25.1 Å². The molecule has 4 heteroatoms. The Hall–Kier alpha value is -1.32. The van der Waals surface area contributed by atoms with Crippen molar-refractivity contribution in [3.05, 3.63) is 0 Å². The van der Waals surface area contributed by atoms with Crippen LogP contribution in [0.1, 0.15) is 38.5 Å². The van der Waals surface area contributed by atoms with Crippen LogP contribution in [0.4, 0.5) is 0 Å². The van der Waals surface area contributed by atoms with Crippen LogP contribution in [0.25, 0.3) is 0 Å². The van der Waals surface area contributed by atoms with Crippen LogP contribution in [-0.2, 0) is 19.2 Å². The quantitative estimate of drug-likeness (QED) is 0.485. The minimum absolute atomic E-state index is 0.0486. The summed E-state index contributed by atoms with van der Waals surface area (Å²) in [5.41, 5.74) is 0. The third kappa shape index (κ3) is 6.22. The van der Waals surface area contributed by atoms with Crippen molar-refractivity contribution < 1.29 is 19.2 Å². The molecule has 0 N–H and O–H groups in total. The lowest BCUT2D eigenvalue weighted by Gasteiger charge is -2.26.